The Balaban J connectivity index is 1.99. The van der Waals surface area contributed by atoms with Crippen LogP contribution in [0.2, 0.25) is 0 Å². The summed E-state index contributed by atoms with van der Waals surface area (Å²) in [7, 11) is 4.17. The van der Waals surface area contributed by atoms with Gasteiger partial charge in [0.15, 0.2) is 0 Å². The monoisotopic (exact) mass is 157 g/mol. The Kier molecular flexibility index (Phi) is 3.83. The molecule has 1 aliphatic rings. The van der Waals surface area contributed by atoms with Gasteiger partial charge in [-0.3, -0.25) is 0 Å². The Bertz CT molecular complexity index is 106. The lowest BCUT2D eigenvalue weighted by molar-refractivity contribution is 0.398. The number of likely N-dealkylation sites (N-methyl/N-ethyl adjacent to an activating group) is 2. The molecule has 2 N–H and O–H groups in total. The summed E-state index contributed by atoms with van der Waals surface area (Å²) in [5, 5.41) is 6.64. The number of hydrogen-bond acceptors (Lipinski definition) is 3. The van der Waals surface area contributed by atoms with Crippen LogP contribution in [0.5, 0.6) is 0 Å². The molecule has 0 unspecified atom stereocenters. The van der Waals surface area contributed by atoms with Gasteiger partial charge in [-0.1, -0.05) is 0 Å². The van der Waals surface area contributed by atoms with E-state index in [1.165, 1.54) is 19.5 Å². The van der Waals surface area contributed by atoms with Gasteiger partial charge in [-0.05, 0) is 27.1 Å². The standard InChI is InChI=1S/C8H19N3/c1-9-4-5-10-8-3-6-11(2)7-8/h8-10H,3-7H2,1-2H3/t8-/m1/s1. The summed E-state index contributed by atoms with van der Waals surface area (Å²) in [5.74, 6) is 0. The summed E-state index contributed by atoms with van der Waals surface area (Å²) in [5.41, 5.74) is 0. The molecule has 0 bridgehead atoms. The molecular formula is C8H19N3. The van der Waals surface area contributed by atoms with Crippen LogP contribution in [-0.2, 0) is 0 Å². The first-order chi connectivity index (χ1) is 5.33. The van der Waals surface area contributed by atoms with E-state index >= 15 is 0 Å². The Labute approximate surface area is 69.1 Å². The van der Waals surface area contributed by atoms with E-state index in [4.69, 9.17) is 0 Å². The number of likely N-dealkylation sites (tertiary alicyclic amines) is 1. The first kappa shape index (κ1) is 8.97. The zero-order chi connectivity index (χ0) is 8.10. The van der Waals surface area contributed by atoms with Crippen molar-refractivity contribution in [1.29, 1.82) is 0 Å². The molecule has 3 heteroatoms. The molecule has 0 aromatic rings. The number of nitrogens with one attached hydrogen (secondary N) is 2. The normalized spacial score (nSPS) is 26.2. The van der Waals surface area contributed by atoms with Crippen molar-refractivity contribution in [3.8, 4) is 0 Å². The maximum absolute atomic E-state index is 3.51. The van der Waals surface area contributed by atoms with Crippen molar-refractivity contribution in [1.82, 2.24) is 15.5 Å². The first-order valence-electron chi connectivity index (χ1n) is 4.39. The van der Waals surface area contributed by atoms with Gasteiger partial charge in [-0.2, -0.15) is 0 Å². The lowest BCUT2D eigenvalue weighted by Gasteiger charge is -2.11. The number of nitrogens with zero attached hydrogens (tertiary/aromatic N) is 1. The highest BCUT2D eigenvalue weighted by molar-refractivity contribution is 4.78. The quantitative estimate of drug-likeness (QED) is 0.539. The van der Waals surface area contributed by atoms with E-state index in [2.05, 4.69) is 22.6 Å². The van der Waals surface area contributed by atoms with Crippen molar-refractivity contribution < 1.29 is 0 Å². The second-order valence-corrected chi connectivity index (χ2v) is 3.31. The highest BCUT2D eigenvalue weighted by atomic mass is 15.2. The van der Waals surface area contributed by atoms with Crippen LogP contribution < -0.4 is 10.6 Å². The minimum Gasteiger partial charge on any atom is -0.318 e. The summed E-state index contributed by atoms with van der Waals surface area (Å²) in [6, 6.07) is 0.730. The Morgan fingerprint density at radius 1 is 1.45 bits per heavy atom. The third kappa shape index (κ3) is 3.18. The van der Waals surface area contributed by atoms with E-state index in [-0.39, 0.29) is 0 Å². The number of hydrogen-bond donors (Lipinski definition) is 2. The minimum atomic E-state index is 0.730. The maximum atomic E-state index is 3.51. The van der Waals surface area contributed by atoms with Crippen molar-refractivity contribution in [2.45, 2.75) is 12.5 Å². The van der Waals surface area contributed by atoms with Crippen LogP contribution in [-0.4, -0.2) is 51.2 Å². The lowest BCUT2D eigenvalue weighted by Crippen LogP contribution is -2.35. The van der Waals surface area contributed by atoms with E-state index < -0.39 is 0 Å². The van der Waals surface area contributed by atoms with Crippen molar-refractivity contribution in [3.63, 3.8) is 0 Å². The van der Waals surface area contributed by atoms with Crippen molar-refractivity contribution >= 4 is 0 Å². The van der Waals surface area contributed by atoms with Crippen LogP contribution in [0, 0.1) is 0 Å². The Morgan fingerprint density at radius 2 is 2.27 bits per heavy atom. The smallest absolute Gasteiger partial charge is 0.0207 e. The first-order valence-corrected chi connectivity index (χ1v) is 4.39. The molecule has 0 aromatic heterocycles. The number of rotatable bonds is 4. The third-order valence-corrected chi connectivity index (χ3v) is 2.20. The molecule has 1 aliphatic heterocycles. The summed E-state index contributed by atoms with van der Waals surface area (Å²) >= 11 is 0. The van der Waals surface area contributed by atoms with Gasteiger partial charge in [0.05, 0.1) is 0 Å². The minimum absolute atomic E-state index is 0.730. The molecule has 0 aliphatic carbocycles. The Morgan fingerprint density at radius 3 is 2.82 bits per heavy atom. The predicted octanol–water partition coefficient (Wildman–Crippen LogP) is -0.500. The van der Waals surface area contributed by atoms with Crippen LogP contribution in [0.1, 0.15) is 6.42 Å². The van der Waals surface area contributed by atoms with Crippen molar-refractivity contribution in [3.05, 3.63) is 0 Å². The molecule has 3 nitrogen and oxygen atoms in total. The molecule has 1 saturated heterocycles. The second-order valence-electron chi connectivity index (χ2n) is 3.31. The maximum Gasteiger partial charge on any atom is 0.0207 e. The second kappa shape index (κ2) is 4.70. The molecule has 11 heavy (non-hydrogen) atoms. The molecule has 0 amide bonds. The largest absolute Gasteiger partial charge is 0.318 e. The van der Waals surface area contributed by atoms with E-state index in [0.29, 0.717) is 0 Å². The van der Waals surface area contributed by atoms with Gasteiger partial charge >= 0.3 is 0 Å². The molecule has 0 aromatic carbocycles. The summed E-state index contributed by atoms with van der Waals surface area (Å²) in [4.78, 5) is 2.37. The predicted molar refractivity (Wildman–Crippen MR) is 47.8 cm³/mol. The molecule has 0 radical (unpaired) electrons. The summed E-state index contributed by atoms with van der Waals surface area (Å²) < 4.78 is 0. The van der Waals surface area contributed by atoms with Crippen LogP contribution in [0.4, 0.5) is 0 Å². The average molecular weight is 157 g/mol. The molecule has 66 valence electrons. The van der Waals surface area contributed by atoms with Crippen molar-refractivity contribution in [2.75, 3.05) is 40.3 Å². The molecule has 1 heterocycles. The van der Waals surface area contributed by atoms with Crippen LogP contribution in [0.15, 0.2) is 0 Å². The van der Waals surface area contributed by atoms with Crippen molar-refractivity contribution in [2.24, 2.45) is 0 Å². The zero-order valence-electron chi connectivity index (χ0n) is 7.56. The van der Waals surface area contributed by atoms with Crippen LogP contribution in [0.25, 0.3) is 0 Å². The van der Waals surface area contributed by atoms with Gasteiger partial charge in [-0.15, -0.1) is 0 Å². The zero-order valence-corrected chi connectivity index (χ0v) is 7.56. The fourth-order valence-electron chi connectivity index (χ4n) is 1.50. The highest BCUT2D eigenvalue weighted by Crippen LogP contribution is 2.04. The van der Waals surface area contributed by atoms with Gasteiger partial charge in [0.1, 0.15) is 0 Å². The van der Waals surface area contributed by atoms with E-state index in [1.807, 2.05) is 7.05 Å². The SMILES string of the molecule is CNCCN[C@@H]1CCN(C)C1. The molecule has 1 fully saturated rings. The summed E-state index contributed by atoms with van der Waals surface area (Å²) in [6.45, 7) is 4.62. The third-order valence-electron chi connectivity index (χ3n) is 2.20. The highest BCUT2D eigenvalue weighted by Gasteiger charge is 2.17. The lowest BCUT2D eigenvalue weighted by atomic mass is 10.2. The van der Waals surface area contributed by atoms with Crippen LogP contribution in [0.3, 0.4) is 0 Å². The van der Waals surface area contributed by atoms with Crippen LogP contribution >= 0.6 is 0 Å². The van der Waals surface area contributed by atoms with Gasteiger partial charge < -0.3 is 15.5 Å². The molecular weight excluding hydrogens is 138 g/mol. The fraction of sp³-hybridized carbons (Fsp3) is 1.00. The molecule has 0 spiro atoms. The molecule has 1 atom stereocenters. The van der Waals surface area contributed by atoms with E-state index in [0.717, 1.165) is 19.1 Å². The van der Waals surface area contributed by atoms with Gasteiger partial charge in [0.2, 0.25) is 0 Å². The fourth-order valence-corrected chi connectivity index (χ4v) is 1.50. The summed E-state index contributed by atoms with van der Waals surface area (Å²) in [6.07, 6.45) is 1.31. The molecule has 0 saturated carbocycles. The topological polar surface area (TPSA) is 27.3 Å². The van der Waals surface area contributed by atoms with E-state index in [1.54, 1.807) is 0 Å². The Hall–Kier alpha value is -0.120. The van der Waals surface area contributed by atoms with Gasteiger partial charge in [0, 0.05) is 25.7 Å². The van der Waals surface area contributed by atoms with Gasteiger partial charge in [0.25, 0.3) is 0 Å². The van der Waals surface area contributed by atoms with E-state index in [9.17, 15) is 0 Å². The molecule has 1 rings (SSSR count). The van der Waals surface area contributed by atoms with Gasteiger partial charge in [-0.25, -0.2) is 0 Å². The average Bonchev–Trinajstić information content (AvgIpc) is 2.37.